The summed E-state index contributed by atoms with van der Waals surface area (Å²) >= 11 is 17.7. The summed E-state index contributed by atoms with van der Waals surface area (Å²) in [5, 5.41) is 11.3. The lowest BCUT2D eigenvalue weighted by Gasteiger charge is -2.08. The number of nitro benzene ring substituents is 1. The fourth-order valence-electron chi connectivity index (χ4n) is 1.63. The highest BCUT2D eigenvalue weighted by Crippen LogP contribution is 2.44. The maximum absolute atomic E-state index is 11.1. The standard InChI is InChI=1S/C12H6Cl3NO2/c13-8-6-9(14)11(15)12(16(17)18)10(8)7-4-2-1-3-5-7/h1-6H. The molecular formula is C12H6Cl3NO2. The van der Waals surface area contributed by atoms with Crippen molar-refractivity contribution in [3.05, 3.63) is 61.6 Å². The predicted molar refractivity (Wildman–Crippen MR) is 73.6 cm³/mol. The molecule has 0 N–H and O–H groups in total. The Morgan fingerprint density at radius 3 is 2.17 bits per heavy atom. The van der Waals surface area contributed by atoms with Crippen LogP contribution in [-0.2, 0) is 0 Å². The van der Waals surface area contributed by atoms with Gasteiger partial charge in [0.25, 0.3) is 5.69 Å². The van der Waals surface area contributed by atoms with Crippen molar-refractivity contribution in [3.8, 4) is 11.1 Å². The van der Waals surface area contributed by atoms with Gasteiger partial charge in [-0.25, -0.2) is 0 Å². The van der Waals surface area contributed by atoms with Gasteiger partial charge in [-0.1, -0.05) is 65.1 Å². The zero-order valence-corrected chi connectivity index (χ0v) is 11.1. The Balaban J connectivity index is 2.82. The van der Waals surface area contributed by atoms with Gasteiger partial charge in [0.1, 0.15) is 5.02 Å². The summed E-state index contributed by atoms with van der Waals surface area (Å²) in [6.07, 6.45) is 0. The first kappa shape index (κ1) is 13.1. The first-order valence-electron chi connectivity index (χ1n) is 4.89. The van der Waals surface area contributed by atoms with E-state index < -0.39 is 4.92 Å². The number of nitrogens with zero attached hydrogens (tertiary/aromatic N) is 1. The van der Waals surface area contributed by atoms with Gasteiger partial charge < -0.3 is 0 Å². The molecule has 92 valence electrons. The Morgan fingerprint density at radius 2 is 1.61 bits per heavy atom. The molecule has 0 aliphatic carbocycles. The molecular weight excluding hydrogens is 296 g/mol. The first-order chi connectivity index (χ1) is 8.52. The lowest BCUT2D eigenvalue weighted by molar-refractivity contribution is -0.384. The van der Waals surface area contributed by atoms with Crippen molar-refractivity contribution in [1.29, 1.82) is 0 Å². The van der Waals surface area contributed by atoms with E-state index in [0.29, 0.717) is 5.56 Å². The smallest absolute Gasteiger partial charge is 0.258 e. The van der Waals surface area contributed by atoms with E-state index >= 15 is 0 Å². The molecule has 0 aromatic heterocycles. The topological polar surface area (TPSA) is 43.1 Å². The molecule has 0 aliphatic rings. The number of rotatable bonds is 2. The molecule has 6 heteroatoms. The molecule has 0 spiro atoms. The van der Waals surface area contributed by atoms with Crippen LogP contribution in [-0.4, -0.2) is 4.92 Å². The van der Waals surface area contributed by atoms with Gasteiger partial charge in [-0.05, 0) is 11.6 Å². The van der Waals surface area contributed by atoms with E-state index in [1.165, 1.54) is 6.07 Å². The van der Waals surface area contributed by atoms with Gasteiger partial charge >= 0.3 is 0 Å². The molecule has 3 nitrogen and oxygen atoms in total. The summed E-state index contributed by atoms with van der Waals surface area (Å²) in [6, 6.07) is 10.2. The van der Waals surface area contributed by atoms with Crippen LogP contribution in [0.25, 0.3) is 11.1 Å². The molecule has 2 aromatic rings. The van der Waals surface area contributed by atoms with Crippen molar-refractivity contribution in [3.63, 3.8) is 0 Å². The van der Waals surface area contributed by atoms with E-state index in [9.17, 15) is 10.1 Å². The van der Waals surface area contributed by atoms with Crippen molar-refractivity contribution in [2.24, 2.45) is 0 Å². The zero-order valence-electron chi connectivity index (χ0n) is 8.86. The number of nitro groups is 1. The maximum atomic E-state index is 11.1. The van der Waals surface area contributed by atoms with Crippen LogP contribution in [0.3, 0.4) is 0 Å². The minimum absolute atomic E-state index is 0.0630. The van der Waals surface area contributed by atoms with E-state index in [1.54, 1.807) is 30.3 Å². The van der Waals surface area contributed by atoms with Crippen LogP contribution < -0.4 is 0 Å². The lowest BCUT2D eigenvalue weighted by Crippen LogP contribution is -1.95. The Morgan fingerprint density at radius 1 is 1.00 bits per heavy atom. The van der Waals surface area contributed by atoms with E-state index in [0.717, 1.165) is 0 Å². The van der Waals surface area contributed by atoms with Crippen molar-refractivity contribution < 1.29 is 4.92 Å². The lowest BCUT2D eigenvalue weighted by atomic mass is 10.0. The van der Waals surface area contributed by atoms with E-state index in [4.69, 9.17) is 34.8 Å². The molecule has 0 aliphatic heterocycles. The van der Waals surface area contributed by atoms with E-state index in [2.05, 4.69) is 0 Å². The number of benzene rings is 2. The SMILES string of the molecule is O=[N+]([O-])c1c(Cl)c(Cl)cc(Cl)c1-c1ccccc1. The van der Waals surface area contributed by atoms with Gasteiger partial charge in [-0.15, -0.1) is 0 Å². The molecule has 0 bridgehead atoms. The van der Waals surface area contributed by atoms with Crippen molar-refractivity contribution in [2.75, 3.05) is 0 Å². The van der Waals surface area contributed by atoms with Crippen LogP contribution in [0, 0.1) is 10.1 Å². The van der Waals surface area contributed by atoms with Crippen LogP contribution in [0.5, 0.6) is 0 Å². The highest BCUT2D eigenvalue weighted by Gasteiger charge is 2.25. The summed E-state index contributed by atoms with van der Waals surface area (Å²) in [7, 11) is 0. The quantitative estimate of drug-likeness (QED) is 0.433. The van der Waals surface area contributed by atoms with Crippen molar-refractivity contribution >= 4 is 40.5 Å². The van der Waals surface area contributed by atoms with Crippen LogP contribution in [0.1, 0.15) is 0 Å². The molecule has 0 heterocycles. The number of halogens is 3. The van der Waals surface area contributed by atoms with Gasteiger partial charge in [0.2, 0.25) is 0 Å². The average Bonchev–Trinajstić information content (AvgIpc) is 2.34. The minimum atomic E-state index is -0.581. The third-order valence-electron chi connectivity index (χ3n) is 2.39. The minimum Gasteiger partial charge on any atom is -0.258 e. The molecule has 0 unspecified atom stereocenters. The van der Waals surface area contributed by atoms with Gasteiger partial charge in [0.05, 0.1) is 20.5 Å². The van der Waals surface area contributed by atoms with E-state index in [-0.39, 0.29) is 26.3 Å². The fraction of sp³-hybridized carbons (Fsp3) is 0. The molecule has 0 saturated heterocycles. The van der Waals surface area contributed by atoms with Gasteiger partial charge in [-0.3, -0.25) is 10.1 Å². The summed E-state index contributed by atoms with van der Waals surface area (Å²) in [4.78, 5) is 10.5. The third-order valence-corrected chi connectivity index (χ3v) is 3.47. The first-order valence-corrected chi connectivity index (χ1v) is 6.03. The second kappa shape index (κ2) is 5.14. The monoisotopic (exact) mass is 301 g/mol. The number of hydrogen-bond donors (Lipinski definition) is 0. The molecule has 2 rings (SSSR count). The molecule has 18 heavy (non-hydrogen) atoms. The average molecular weight is 303 g/mol. The van der Waals surface area contributed by atoms with Crippen molar-refractivity contribution in [2.45, 2.75) is 0 Å². The van der Waals surface area contributed by atoms with Crippen LogP contribution in [0.15, 0.2) is 36.4 Å². The highest BCUT2D eigenvalue weighted by atomic mass is 35.5. The van der Waals surface area contributed by atoms with Crippen LogP contribution in [0.4, 0.5) is 5.69 Å². The summed E-state index contributed by atoms with van der Waals surface area (Å²) in [6.45, 7) is 0. The molecule has 0 amide bonds. The molecule has 0 atom stereocenters. The highest BCUT2D eigenvalue weighted by molar-refractivity contribution is 6.45. The van der Waals surface area contributed by atoms with Crippen LogP contribution in [0.2, 0.25) is 15.1 Å². The maximum Gasteiger partial charge on any atom is 0.298 e. The van der Waals surface area contributed by atoms with Crippen molar-refractivity contribution in [1.82, 2.24) is 0 Å². The predicted octanol–water partition coefficient (Wildman–Crippen LogP) is 5.22. The zero-order chi connectivity index (χ0) is 13.3. The third kappa shape index (κ3) is 2.29. The molecule has 0 radical (unpaired) electrons. The Hall–Kier alpha value is -1.29. The van der Waals surface area contributed by atoms with Gasteiger partial charge in [0, 0.05) is 0 Å². The Bertz CT molecular complexity index is 614. The number of hydrogen-bond acceptors (Lipinski definition) is 2. The largest absolute Gasteiger partial charge is 0.298 e. The molecule has 0 fully saturated rings. The van der Waals surface area contributed by atoms with Crippen LogP contribution >= 0.6 is 34.8 Å². The van der Waals surface area contributed by atoms with Gasteiger partial charge in [-0.2, -0.15) is 0 Å². The fourth-order valence-corrected chi connectivity index (χ4v) is 2.41. The van der Waals surface area contributed by atoms with Gasteiger partial charge in [0.15, 0.2) is 0 Å². The Labute approximate surface area is 118 Å². The van der Waals surface area contributed by atoms with E-state index in [1.807, 2.05) is 0 Å². The summed E-state index contributed by atoms with van der Waals surface area (Å²) < 4.78 is 0. The molecule has 2 aromatic carbocycles. The molecule has 0 saturated carbocycles. The summed E-state index contributed by atoms with van der Waals surface area (Å²) in [5.74, 6) is 0. The summed E-state index contributed by atoms with van der Waals surface area (Å²) in [5.41, 5.74) is 0.616. The Kier molecular flexibility index (Phi) is 3.76. The second-order valence-corrected chi connectivity index (χ2v) is 4.69. The normalized spacial score (nSPS) is 10.4. The second-order valence-electron chi connectivity index (χ2n) is 3.50.